The fraction of sp³-hybridized carbons (Fsp3) is 0.138. The molecule has 30 heteroatoms. The van der Waals surface area contributed by atoms with E-state index in [0.29, 0.717) is 21.7 Å². The Kier molecular flexibility index (Phi) is 29.1. The SMILES string of the molecule is CCOC(=O)c1[nH]n(-c2cc(SOO[O-])ccc2S(=O)(=O)[O-])c(=O)c1C=CC=CCC1C(=O)N(c2cc(SOO[O-])ccc2S(=O)(=O)[O-])N=C1C(=O)C#CO.[K+].[K+].[K+].[K+]. The number of ketones is 1. The van der Waals surface area contributed by atoms with Gasteiger partial charge in [0.25, 0.3) is 17.2 Å². The number of benzene rings is 2. The van der Waals surface area contributed by atoms with E-state index in [-0.39, 0.29) is 240 Å². The molecule has 3 aromatic rings. The molecule has 2 heterocycles. The zero-order chi connectivity index (χ0) is 40.5. The third-order valence-corrected chi connectivity index (χ3v) is 9.83. The van der Waals surface area contributed by atoms with Crippen LogP contribution in [0.25, 0.3) is 11.8 Å². The Morgan fingerprint density at radius 3 is 1.97 bits per heavy atom. The summed E-state index contributed by atoms with van der Waals surface area (Å²) in [7, 11) is -10.5. The standard InChI is InChI=1S/C29H24N4O18S4.4K/c1-2-47-29(38)26-19(28(37)33(31-26)21-15-17(53-51-49-40)9-11-24(21)55(44,45)46)7-5-3-4-6-18-25(22(35)12-13-34)30-32(27(18)36)20-14-16(52-50-48-39)8-10-23(20)54(41,42)43;;;;/h3-5,7-11,14-15,18,31,34,39-40H,2,6H2,1H3,(H,41,42,43)(H,44,45,46);;;;/q;4*+1/p-4. The minimum atomic E-state index is -5.26. The van der Waals surface area contributed by atoms with E-state index in [1.807, 2.05) is 0 Å². The predicted molar refractivity (Wildman–Crippen MR) is 177 cm³/mol. The van der Waals surface area contributed by atoms with Gasteiger partial charge in [0.1, 0.15) is 32.1 Å². The van der Waals surface area contributed by atoms with Gasteiger partial charge in [-0.05, 0) is 55.8 Å². The summed E-state index contributed by atoms with van der Waals surface area (Å²) < 4.78 is 86.1. The summed E-state index contributed by atoms with van der Waals surface area (Å²) in [5, 5.41) is 42.7. The van der Waals surface area contributed by atoms with Crippen molar-refractivity contribution in [3.8, 4) is 17.7 Å². The maximum absolute atomic E-state index is 13.6. The first-order valence-electron chi connectivity index (χ1n) is 14.5. The van der Waals surface area contributed by atoms with Crippen molar-refractivity contribution in [2.45, 2.75) is 32.9 Å². The van der Waals surface area contributed by atoms with Gasteiger partial charge in [0.05, 0.1) is 63.3 Å². The van der Waals surface area contributed by atoms with E-state index in [0.717, 1.165) is 42.5 Å². The fourth-order valence-electron chi connectivity index (χ4n) is 4.74. The topological polar surface area (TPSA) is 332 Å². The Labute approximate surface area is 512 Å². The van der Waals surface area contributed by atoms with Crippen molar-refractivity contribution < 1.29 is 285 Å². The van der Waals surface area contributed by atoms with Crippen LogP contribution in [0.15, 0.2) is 84.1 Å². The van der Waals surface area contributed by atoms with Crippen LogP contribution in [0.2, 0.25) is 0 Å². The van der Waals surface area contributed by atoms with Gasteiger partial charge in [0, 0.05) is 15.7 Å². The van der Waals surface area contributed by atoms with Gasteiger partial charge >= 0.3 is 212 Å². The zero-order valence-electron chi connectivity index (χ0n) is 31.1. The quantitative estimate of drug-likeness (QED) is 0.0185. The number of aromatic nitrogens is 2. The summed E-state index contributed by atoms with van der Waals surface area (Å²) in [5.41, 5.74) is -3.77. The van der Waals surface area contributed by atoms with Crippen LogP contribution in [0.4, 0.5) is 5.69 Å². The number of rotatable bonds is 17. The number of carbonyl (C=O) groups is 3. The molecule has 0 bridgehead atoms. The van der Waals surface area contributed by atoms with Crippen LogP contribution in [0, 0.1) is 17.9 Å². The Hall–Kier alpha value is 1.40. The second-order valence-electron chi connectivity index (χ2n) is 10.1. The van der Waals surface area contributed by atoms with Crippen LogP contribution in [0.3, 0.4) is 0 Å². The Morgan fingerprint density at radius 1 is 0.915 bits per heavy atom. The van der Waals surface area contributed by atoms with Gasteiger partial charge in [-0.3, -0.25) is 29.6 Å². The maximum Gasteiger partial charge on any atom is 1.00 e. The summed E-state index contributed by atoms with van der Waals surface area (Å²) in [6, 6.07) is 5.63. The Balaban J connectivity index is 0.00000841. The van der Waals surface area contributed by atoms with E-state index in [9.17, 15) is 55.6 Å². The molecule has 4 rings (SSSR count). The van der Waals surface area contributed by atoms with Crippen LogP contribution in [0.1, 0.15) is 29.4 Å². The summed E-state index contributed by atoms with van der Waals surface area (Å²) >= 11 is 0.588. The van der Waals surface area contributed by atoms with Crippen LogP contribution >= 0.6 is 24.1 Å². The Morgan fingerprint density at radius 2 is 1.46 bits per heavy atom. The molecule has 1 aromatic heterocycles. The van der Waals surface area contributed by atoms with E-state index in [1.54, 1.807) is 5.92 Å². The summed E-state index contributed by atoms with van der Waals surface area (Å²) in [5.74, 6) is -2.98. The van der Waals surface area contributed by atoms with Crippen LogP contribution in [-0.4, -0.2) is 70.8 Å². The number of hydrogen-bond donors (Lipinski definition) is 2. The van der Waals surface area contributed by atoms with Crippen LogP contribution in [0.5, 0.6) is 0 Å². The average Bonchev–Trinajstić information content (AvgIpc) is 3.64. The first-order valence-corrected chi connectivity index (χ1v) is 18.8. The minimum Gasteiger partial charge on any atom is -0.744 e. The molecule has 1 amide bonds. The largest absolute Gasteiger partial charge is 1.00 e. The first-order chi connectivity index (χ1) is 26.1. The van der Waals surface area contributed by atoms with Gasteiger partial charge in [-0.1, -0.05) is 18.2 Å². The number of hydrazone groups is 1. The van der Waals surface area contributed by atoms with E-state index < -0.39 is 87.5 Å². The molecule has 0 radical (unpaired) electrons. The van der Waals surface area contributed by atoms with Crippen molar-refractivity contribution >= 4 is 79.5 Å². The van der Waals surface area contributed by atoms with E-state index in [1.165, 1.54) is 31.3 Å². The van der Waals surface area contributed by atoms with Gasteiger partial charge in [0.15, 0.2) is 5.69 Å². The normalized spacial score (nSPS) is 13.7. The molecule has 0 spiro atoms. The van der Waals surface area contributed by atoms with Gasteiger partial charge in [0.2, 0.25) is 0 Å². The molecule has 0 saturated carbocycles. The second kappa shape index (κ2) is 28.4. The summed E-state index contributed by atoms with van der Waals surface area (Å²) in [4.78, 5) is 50.7. The average molecular weight is 997 g/mol. The molecular weight excluding hydrogens is 977 g/mol. The number of Topliss-reactive ketones (excluding diaryl/α,β-unsaturated/α-hetero) is 1. The second-order valence-corrected chi connectivity index (χ2v) is 14.4. The van der Waals surface area contributed by atoms with Crippen molar-refractivity contribution in [3.05, 3.63) is 76.2 Å². The molecule has 0 saturated heterocycles. The number of aromatic amines is 1. The van der Waals surface area contributed by atoms with Crippen LogP contribution < -0.4 is 227 Å². The maximum atomic E-state index is 13.6. The van der Waals surface area contributed by atoms with E-state index in [2.05, 4.69) is 28.9 Å². The number of anilines is 1. The molecule has 0 fully saturated rings. The first kappa shape index (κ1) is 60.4. The number of aliphatic hydroxyl groups excluding tert-OH is 1. The van der Waals surface area contributed by atoms with Gasteiger partial charge in [-0.25, -0.2) is 26.3 Å². The molecular formula is C29H20K4N4O18S4. The monoisotopic (exact) mass is 996 g/mol. The van der Waals surface area contributed by atoms with Gasteiger partial charge in [-0.2, -0.15) is 18.8 Å². The Bertz CT molecular complexity index is 2450. The van der Waals surface area contributed by atoms with Gasteiger partial charge < -0.3 is 29.5 Å². The van der Waals surface area contributed by atoms with E-state index >= 15 is 0 Å². The molecule has 1 unspecified atom stereocenters. The smallest absolute Gasteiger partial charge is 0.744 e. The summed E-state index contributed by atoms with van der Waals surface area (Å²) in [6.07, 6.45) is 5.75. The number of hydrogen-bond acceptors (Lipinski definition) is 21. The third-order valence-electron chi connectivity index (χ3n) is 6.92. The number of nitrogens with zero attached hydrogens (tertiary/aromatic N) is 3. The van der Waals surface area contributed by atoms with Crippen molar-refractivity contribution in [1.82, 2.24) is 9.78 Å². The number of nitrogens with one attached hydrogen (secondary N) is 1. The minimum absolute atomic E-state index is 0. The zero-order valence-corrected chi connectivity index (χ0v) is 46.9. The number of H-pyrrole nitrogens is 1. The van der Waals surface area contributed by atoms with E-state index in [4.69, 9.17) is 9.84 Å². The fourth-order valence-corrected chi connectivity index (χ4v) is 6.80. The van der Waals surface area contributed by atoms with Crippen molar-refractivity contribution in [1.29, 1.82) is 0 Å². The molecule has 1 atom stereocenters. The molecule has 22 nitrogen and oxygen atoms in total. The molecule has 1 aliphatic rings. The molecule has 1 aliphatic heterocycles. The number of carbonyl (C=O) groups excluding carboxylic acids is 3. The molecule has 292 valence electrons. The predicted octanol–water partition coefficient (Wildman–Crippen LogP) is -12.5. The number of aliphatic hydroxyl groups is 1. The molecule has 59 heavy (non-hydrogen) atoms. The number of allylic oxidation sites excluding steroid dienone is 3. The van der Waals surface area contributed by atoms with Crippen molar-refractivity contribution in [2.24, 2.45) is 11.0 Å². The molecule has 2 N–H and O–H groups in total. The van der Waals surface area contributed by atoms with Crippen LogP contribution in [-0.2, 0) is 53.3 Å². The summed E-state index contributed by atoms with van der Waals surface area (Å²) in [6.45, 7) is 1.30. The van der Waals surface area contributed by atoms with Crippen molar-refractivity contribution in [2.75, 3.05) is 11.6 Å². The molecule has 0 aliphatic carbocycles. The molecule has 2 aromatic carbocycles. The number of ether oxygens (including phenoxy) is 1. The number of amides is 1. The number of esters is 1. The van der Waals surface area contributed by atoms with Gasteiger partial charge in [-0.15, -0.1) is 0 Å². The third kappa shape index (κ3) is 16.3. The van der Waals surface area contributed by atoms with Crippen molar-refractivity contribution in [3.63, 3.8) is 0 Å².